The zero-order chi connectivity index (χ0) is 20.4. The Labute approximate surface area is 163 Å². The number of ether oxygens (including phenoxy) is 1. The summed E-state index contributed by atoms with van der Waals surface area (Å²) in [5.41, 5.74) is 1.04. The van der Waals surface area contributed by atoms with E-state index in [1.54, 1.807) is 54.6 Å². The Kier molecular flexibility index (Phi) is 7.73. The van der Waals surface area contributed by atoms with Crippen molar-refractivity contribution in [1.29, 1.82) is 5.26 Å². The molecule has 2 aromatic carbocycles. The van der Waals surface area contributed by atoms with Gasteiger partial charge in [0.2, 0.25) is 0 Å². The van der Waals surface area contributed by atoms with Crippen LogP contribution >= 0.6 is 0 Å². The van der Waals surface area contributed by atoms with E-state index in [2.05, 4.69) is 5.32 Å². The zero-order valence-corrected chi connectivity index (χ0v) is 15.5. The molecular weight excluding hydrogens is 358 g/mol. The summed E-state index contributed by atoms with van der Waals surface area (Å²) in [7, 11) is 0. The maximum atomic E-state index is 12.5. The van der Waals surface area contributed by atoms with Gasteiger partial charge >= 0.3 is 5.97 Å². The standard InChI is InChI=1S/C21H21N3O4/c1-16(23-20(26)17-9-4-2-5-10-17)21(27)28-15-19(25)24(14-8-13-22)18-11-6-3-7-12-18/h2-7,9-12,16H,8,14-15H2,1H3,(H,23,26)/t16-/m0/s1. The lowest BCUT2D eigenvalue weighted by atomic mass is 10.2. The molecule has 0 bridgehead atoms. The molecular formula is C21H21N3O4. The second-order valence-electron chi connectivity index (χ2n) is 5.96. The fraction of sp³-hybridized carbons (Fsp3) is 0.238. The maximum absolute atomic E-state index is 12.5. The van der Waals surface area contributed by atoms with Crippen molar-refractivity contribution in [3.63, 3.8) is 0 Å². The number of nitrogens with zero attached hydrogens (tertiary/aromatic N) is 2. The lowest BCUT2D eigenvalue weighted by molar-refractivity contribution is -0.149. The summed E-state index contributed by atoms with van der Waals surface area (Å²) in [5, 5.41) is 11.3. The van der Waals surface area contributed by atoms with Crippen LogP contribution in [0.2, 0.25) is 0 Å². The molecule has 7 nitrogen and oxygen atoms in total. The van der Waals surface area contributed by atoms with Crippen LogP contribution in [0.15, 0.2) is 60.7 Å². The van der Waals surface area contributed by atoms with Gasteiger partial charge in [-0.25, -0.2) is 4.79 Å². The molecule has 0 radical (unpaired) electrons. The Morgan fingerprint density at radius 3 is 2.29 bits per heavy atom. The first kappa shape index (κ1) is 20.6. The number of esters is 1. The minimum Gasteiger partial charge on any atom is -0.454 e. The smallest absolute Gasteiger partial charge is 0.328 e. The highest BCUT2D eigenvalue weighted by atomic mass is 16.5. The van der Waals surface area contributed by atoms with E-state index in [0.29, 0.717) is 11.3 Å². The van der Waals surface area contributed by atoms with Crippen LogP contribution in [0.25, 0.3) is 0 Å². The summed E-state index contributed by atoms with van der Waals surface area (Å²) in [6.07, 6.45) is 0.151. The van der Waals surface area contributed by atoms with Gasteiger partial charge in [-0.3, -0.25) is 9.59 Å². The number of anilines is 1. The number of rotatable bonds is 8. The highest BCUT2D eigenvalue weighted by molar-refractivity contribution is 5.98. The van der Waals surface area contributed by atoms with Crippen LogP contribution in [-0.2, 0) is 14.3 Å². The predicted octanol–water partition coefficient (Wildman–Crippen LogP) is 2.29. The van der Waals surface area contributed by atoms with Crippen LogP contribution in [0.1, 0.15) is 23.7 Å². The molecule has 0 fully saturated rings. The van der Waals surface area contributed by atoms with Crippen LogP contribution in [0, 0.1) is 11.3 Å². The van der Waals surface area contributed by atoms with E-state index in [0.717, 1.165) is 0 Å². The Balaban J connectivity index is 1.91. The van der Waals surface area contributed by atoms with Gasteiger partial charge in [0.05, 0.1) is 12.5 Å². The zero-order valence-electron chi connectivity index (χ0n) is 15.5. The molecule has 1 N–H and O–H groups in total. The molecule has 0 saturated heterocycles. The predicted molar refractivity (Wildman–Crippen MR) is 103 cm³/mol. The van der Waals surface area contributed by atoms with Gasteiger partial charge in [-0.15, -0.1) is 0 Å². The van der Waals surface area contributed by atoms with Gasteiger partial charge in [-0.2, -0.15) is 5.26 Å². The van der Waals surface area contributed by atoms with Crippen LogP contribution < -0.4 is 10.2 Å². The van der Waals surface area contributed by atoms with E-state index < -0.39 is 30.4 Å². The SMILES string of the molecule is C[C@H](NC(=O)c1ccccc1)C(=O)OCC(=O)N(CCC#N)c1ccccc1. The fourth-order valence-electron chi connectivity index (χ4n) is 2.43. The number of carbonyl (C=O) groups is 3. The summed E-state index contributed by atoms with van der Waals surface area (Å²) in [4.78, 5) is 38.1. The lowest BCUT2D eigenvalue weighted by Gasteiger charge is -2.22. The lowest BCUT2D eigenvalue weighted by Crippen LogP contribution is -2.41. The van der Waals surface area contributed by atoms with Gasteiger partial charge in [-0.1, -0.05) is 36.4 Å². The molecule has 0 spiro atoms. The second kappa shape index (κ2) is 10.5. The Morgan fingerprint density at radius 2 is 1.68 bits per heavy atom. The summed E-state index contributed by atoms with van der Waals surface area (Å²) in [6, 6.07) is 18.4. The molecule has 2 rings (SSSR count). The number of hydrogen-bond donors (Lipinski definition) is 1. The Hall–Kier alpha value is -3.66. The Morgan fingerprint density at radius 1 is 1.07 bits per heavy atom. The minimum atomic E-state index is -0.912. The number of para-hydroxylation sites is 1. The van der Waals surface area contributed by atoms with Gasteiger partial charge in [0.1, 0.15) is 6.04 Å². The Bertz CT molecular complexity index is 847. The van der Waals surface area contributed by atoms with E-state index in [-0.39, 0.29) is 13.0 Å². The molecule has 0 aliphatic rings. The van der Waals surface area contributed by atoms with Gasteiger partial charge in [0, 0.05) is 17.8 Å². The number of nitrogens with one attached hydrogen (secondary N) is 1. The summed E-state index contributed by atoms with van der Waals surface area (Å²) < 4.78 is 5.06. The minimum absolute atomic E-state index is 0.151. The molecule has 0 saturated carbocycles. The quantitative estimate of drug-likeness (QED) is 0.710. The molecule has 0 unspecified atom stereocenters. The van der Waals surface area contributed by atoms with Gasteiger partial charge < -0.3 is 15.0 Å². The summed E-state index contributed by atoms with van der Waals surface area (Å²) in [5.74, 6) is -1.57. The number of nitriles is 1. The van der Waals surface area contributed by atoms with E-state index in [1.165, 1.54) is 11.8 Å². The third-order valence-electron chi connectivity index (χ3n) is 3.89. The third-order valence-corrected chi connectivity index (χ3v) is 3.89. The number of carbonyl (C=O) groups excluding carboxylic acids is 3. The van der Waals surface area contributed by atoms with Crippen molar-refractivity contribution < 1.29 is 19.1 Å². The first-order valence-corrected chi connectivity index (χ1v) is 8.78. The van der Waals surface area contributed by atoms with Crippen LogP contribution in [0.4, 0.5) is 5.69 Å². The van der Waals surface area contributed by atoms with E-state index >= 15 is 0 Å². The molecule has 28 heavy (non-hydrogen) atoms. The van der Waals surface area contributed by atoms with Crippen molar-refractivity contribution in [2.45, 2.75) is 19.4 Å². The average molecular weight is 379 g/mol. The van der Waals surface area contributed by atoms with Crippen LogP contribution in [0.5, 0.6) is 0 Å². The van der Waals surface area contributed by atoms with Crippen molar-refractivity contribution >= 4 is 23.5 Å². The van der Waals surface area contributed by atoms with Gasteiger partial charge in [-0.05, 0) is 31.2 Å². The van der Waals surface area contributed by atoms with E-state index in [9.17, 15) is 14.4 Å². The number of amides is 2. The van der Waals surface area contributed by atoms with Gasteiger partial charge in [0.15, 0.2) is 6.61 Å². The topological polar surface area (TPSA) is 99.5 Å². The molecule has 7 heteroatoms. The molecule has 1 atom stereocenters. The molecule has 2 amide bonds. The first-order valence-electron chi connectivity index (χ1n) is 8.78. The molecule has 0 aliphatic heterocycles. The average Bonchev–Trinajstić information content (AvgIpc) is 2.73. The number of benzene rings is 2. The first-order chi connectivity index (χ1) is 13.5. The fourth-order valence-corrected chi connectivity index (χ4v) is 2.43. The van der Waals surface area contributed by atoms with Crippen molar-refractivity contribution in [2.24, 2.45) is 0 Å². The molecule has 144 valence electrons. The molecule has 0 aliphatic carbocycles. The van der Waals surface area contributed by atoms with E-state index in [4.69, 9.17) is 10.00 Å². The van der Waals surface area contributed by atoms with Crippen molar-refractivity contribution in [3.05, 3.63) is 66.2 Å². The highest BCUT2D eigenvalue weighted by Gasteiger charge is 2.21. The summed E-state index contributed by atoms with van der Waals surface area (Å²) in [6.45, 7) is 1.19. The van der Waals surface area contributed by atoms with Crippen molar-refractivity contribution in [3.8, 4) is 6.07 Å². The molecule has 2 aromatic rings. The monoisotopic (exact) mass is 379 g/mol. The van der Waals surface area contributed by atoms with Crippen molar-refractivity contribution in [2.75, 3.05) is 18.1 Å². The maximum Gasteiger partial charge on any atom is 0.328 e. The van der Waals surface area contributed by atoms with Crippen LogP contribution in [-0.4, -0.2) is 37.0 Å². The summed E-state index contributed by atoms with van der Waals surface area (Å²) >= 11 is 0. The molecule has 0 aromatic heterocycles. The van der Waals surface area contributed by atoms with E-state index in [1.807, 2.05) is 12.1 Å². The van der Waals surface area contributed by atoms with Crippen LogP contribution in [0.3, 0.4) is 0 Å². The molecule has 0 heterocycles. The highest BCUT2D eigenvalue weighted by Crippen LogP contribution is 2.14. The third kappa shape index (κ3) is 5.95. The normalized spacial score (nSPS) is 11.0. The van der Waals surface area contributed by atoms with Crippen molar-refractivity contribution in [1.82, 2.24) is 5.32 Å². The second-order valence-corrected chi connectivity index (χ2v) is 5.96. The largest absolute Gasteiger partial charge is 0.454 e. The number of hydrogen-bond acceptors (Lipinski definition) is 5. The van der Waals surface area contributed by atoms with Gasteiger partial charge in [0.25, 0.3) is 11.8 Å².